The standard InChI is InChI=1S/C10H9N5O3/c16-9(7-8(10(17)18)15-5-14-7)12-3-6-1-2-11-4-13-6/h1-2,4-5H,3H2,(H,12,16)(H,14,15)(H,17,18). The number of carboxylic acids is 1. The van der Waals surface area contributed by atoms with Crippen molar-refractivity contribution in [3.8, 4) is 0 Å². The second kappa shape index (κ2) is 5.04. The Morgan fingerprint density at radius 1 is 1.39 bits per heavy atom. The number of rotatable bonds is 4. The highest BCUT2D eigenvalue weighted by Crippen LogP contribution is 2.02. The lowest BCUT2D eigenvalue weighted by Crippen LogP contribution is -2.25. The molecule has 2 aromatic rings. The Labute approximate surface area is 101 Å². The SMILES string of the molecule is O=C(NCc1ccncn1)c1nc[nH]c1C(=O)O. The predicted octanol–water partition coefficient (Wildman–Crippen LogP) is -0.172. The molecule has 0 bridgehead atoms. The molecule has 92 valence electrons. The molecule has 0 aliphatic rings. The molecule has 0 saturated heterocycles. The van der Waals surface area contributed by atoms with Crippen molar-refractivity contribution < 1.29 is 14.7 Å². The molecule has 2 rings (SSSR count). The molecule has 1 amide bonds. The van der Waals surface area contributed by atoms with Gasteiger partial charge < -0.3 is 15.4 Å². The largest absolute Gasteiger partial charge is 0.477 e. The van der Waals surface area contributed by atoms with Crippen LogP contribution in [0.3, 0.4) is 0 Å². The van der Waals surface area contributed by atoms with Gasteiger partial charge in [-0.2, -0.15) is 0 Å². The first kappa shape index (κ1) is 11.7. The second-order valence-corrected chi connectivity index (χ2v) is 3.31. The van der Waals surface area contributed by atoms with Crippen LogP contribution in [-0.4, -0.2) is 36.9 Å². The third kappa shape index (κ3) is 2.48. The number of aromatic amines is 1. The zero-order chi connectivity index (χ0) is 13.0. The molecule has 0 aliphatic carbocycles. The van der Waals surface area contributed by atoms with Crippen LogP contribution >= 0.6 is 0 Å². The molecule has 8 nitrogen and oxygen atoms in total. The molecule has 3 N–H and O–H groups in total. The maximum absolute atomic E-state index is 11.7. The van der Waals surface area contributed by atoms with E-state index in [9.17, 15) is 9.59 Å². The summed E-state index contributed by atoms with van der Waals surface area (Å²) < 4.78 is 0. The van der Waals surface area contributed by atoms with E-state index in [1.165, 1.54) is 6.33 Å². The van der Waals surface area contributed by atoms with Gasteiger partial charge in [0.1, 0.15) is 6.33 Å². The fourth-order valence-electron chi connectivity index (χ4n) is 1.31. The Hall–Kier alpha value is -2.77. The summed E-state index contributed by atoms with van der Waals surface area (Å²) in [5.74, 6) is -1.81. The molecular weight excluding hydrogens is 238 g/mol. The fourth-order valence-corrected chi connectivity index (χ4v) is 1.31. The van der Waals surface area contributed by atoms with Crippen LogP contribution in [0.2, 0.25) is 0 Å². The highest BCUT2D eigenvalue weighted by atomic mass is 16.4. The number of aromatic nitrogens is 4. The van der Waals surface area contributed by atoms with E-state index in [1.54, 1.807) is 12.3 Å². The van der Waals surface area contributed by atoms with E-state index in [-0.39, 0.29) is 17.9 Å². The highest BCUT2D eigenvalue weighted by Gasteiger charge is 2.19. The Morgan fingerprint density at radius 3 is 2.89 bits per heavy atom. The maximum atomic E-state index is 11.7. The van der Waals surface area contributed by atoms with E-state index in [4.69, 9.17) is 5.11 Å². The summed E-state index contributed by atoms with van der Waals surface area (Å²) in [4.78, 5) is 36.2. The number of aromatic carboxylic acids is 1. The fraction of sp³-hybridized carbons (Fsp3) is 0.100. The molecule has 2 heterocycles. The van der Waals surface area contributed by atoms with Gasteiger partial charge in [0.25, 0.3) is 5.91 Å². The summed E-state index contributed by atoms with van der Waals surface area (Å²) in [6, 6.07) is 1.64. The summed E-state index contributed by atoms with van der Waals surface area (Å²) in [5, 5.41) is 11.3. The summed E-state index contributed by atoms with van der Waals surface area (Å²) in [7, 11) is 0. The lowest BCUT2D eigenvalue weighted by atomic mass is 10.3. The molecule has 18 heavy (non-hydrogen) atoms. The van der Waals surface area contributed by atoms with Crippen LogP contribution < -0.4 is 5.32 Å². The van der Waals surface area contributed by atoms with Crippen LogP contribution in [0.15, 0.2) is 24.9 Å². The Balaban J connectivity index is 2.04. The molecule has 0 spiro atoms. The number of imidazole rings is 1. The normalized spacial score (nSPS) is 10.0. The highest BCUT2D eigenvalue weighted by molar-refractivity contribution is 6.02. The van der Waals surface area contributed by atoms with Gasteiger partial charge in [-0.3, -0.25) is 4.79 Å². The minimum atomic E-state index is -1.24. The zero-order valence-corrected chi connectivity index (χ0v) is 9.12. The number of carboxylic acid groups (broad SMARTS) is 1. The first-order valence-corrected chi connectivity index (χ1v) is 4.98. The van der Waals surface area contributed by atoms with Crippen LogP contribution in [-0.2, 0) is 6.54 Å². The van der Waals surface area contributed by atoms with E-state index >= 15 is 0 Å². The maximum Gasteiger partial charge on any atom is 0.354 e. The lowest BCUT2D eigenvalue weighted by Gasteiger charge is -2.02. The smallest absolute Gasteiger partial charge is 0.354 e. The number of hydrogen-bond donors (Lipinski definition) is 3. The summed E-state index contributed by atoms with van der Waals surface area (Å²) in [6.07, 6.45) is 4.06. The van der Waals surface area contributed by atoms with E-state index in [1.807, 2.05) is 0 Å². The Kier molecular flexibility index (Phi) is 3.28. The van der Waals surface area contributed by atoms with E-state index < -0.39 is 11.9 Å². The van der Waals surface area contributed by atoms with Crippen molar-refractivity contribution in [2.75, 3.05) is 0 Å². The van der Waals surface area contributed by atoms with Crippen molar-refractivity contribution in [2.24, 2.45) is 0 Å². The summed E-state index contributed by atoms with van der Waals surface area (Å²) in [6.45, 7) is 0.174. The topological polar surface area (TPSA) is 121 Å². The van der Waals surface area contributed by atoms with Crippen LogP contribution in [0.1, 0.15) is 26.7 Å². The molecule has 0 saturated carbocycles. The van der Waals surface area contributed by atoms with Gasteiger partial charge in [-0.05, 0) is 6.07 Å². The van der Waals surface area contributed by atoms with Crippen LogP contribution in [0, 0.1) is 0 Å². The number of amides is 1. The van der Waals surface area contributed by atoms with Crippen molar-refractivity contribution >= 4 is 11.9 Å². The van der Waals surface area contributed by atoms with Crippen molar-refractivity contribution in [3.05, 3.63) is 42.0 Å². The van der Waals surface area contributed by atoms with Crippen LogP contribution in [0.5, 0.6) is 0 Å². The number of nitrogens with zero attached hydrogens (tertiary/aromatic N) is 3. The van der Waals surface area contributed by atoms with Crippen molar-refractivity contribution in [3.63, 3.8) is 0 Å². The quantitative estimate of drug-likeness (QED) is 0.689. The second-order valence-electron chi connectivity index (χ2n) is 3.31. The Bertz CT molecular complexity index is 566. The minimum absolute atomic E-state index is 0.156. The van der Waals surface area contributed by atoms with E-state index in [0.717, 1.165) is 6.33 Å². The van der Waals surface area contributed by atoms with Gasteiger partial charge in [-0.25, -0.2) is 19.7 Å². The van der Waals surface area contributed by atoms with Crippen molar-refractivity contribution in [1.29, 1.82) is 0 Å². The third-order valence-corrected chi connectivity index (χ3v) is 2.14. The summed E-state index contributed by atoms with van der Waals surface area (Å²) >= 11 is 0. The van der Waals surface area contributed by atoms with Gasteiger partial charge in [-0.1, -0.05) is 0 Å². The van der Waals surface area contributed by atoms with Gasteiger partial charge in [0.15, 0.2) is 11.4 Å². The lowest BCUT2D eigenvalue weighted by molar-refractivity contribution is 0.0685. The minimum Gasteiger partial charge on any atom is -0.477 e. The monoisotopic (exact) mass is 247 g/mol. The molecule has 0 unspecified atom stereocenters. The van der Waals surface area contributed by atoms with Crippen LogP contribution in [0.4, 0.5) is 0 Å². The molecule has 0 aliphatic heterocycles. The number of carbonyl (C=O) groups excluding carboxylic acids is 1. The van der Waals surface area contributed by atoms with Gasteiger partial charge in [0.2, 0.25) is 0 Å². The van der Waals surface area contributed by atoms with Gasteiger partial charge in [0, 0.05) is 6.20 Å². The molecule has 2 aromatic heterocycles. The first-order valence-electron chi connectivity index (χ1n) is 4.98. The molecule has 0 aromatic carbocycles. The molecule has 0 radical (unpaired) electrons. The number of H-pyrrole nitrogens is 1. The van der Waals surface area contributed by atoms with Crippen molar-refractivity contribution in [1.82, 2.24) is 25.3 Å². The van der Waals surface area contributed by atoms with Gasteiger partial charge >= 0.3 is 5.97 Å². The first-order chi connectivity index (χ1) is 8.68. The zero-order valence-electron chi connectivity index (χ0n) is 9.12. The average molecular weight is 247 g/mol. The molecule has 8 heteroatoms. The Morgan fingerprint density at radius 2 is 2.22 bits per heavy atom. The van der Waals surface area contributed by atoms with Gasteiger partial charge in [-0.15, -0.1) is 0 Å². The number of nitrogens with one attached hydrogen (secondary N) is 2. The summed E-state index contributed by atoms with van der Waals surface area (Å²) in [5.41, 5.74) is 0.220. The van der Waals surface area contributed by atoms with Crippen LogP contribution in [0.25, 0.3) is 0 Å². The number of hydrogen-bond acceptors (Lipinski definition) is 5. The number of carbonyl (C=O) groups is 2. The van der Waals surface area contributed by atoms with Gasteiger partial charge in [0.05, 0.1) is 18.6 Å². The third-order valence-electron chi connectivity index (χ3n) is 2.14. The average Bonchev–Trinajstić information content (AvgIpc) is 2.86. The van der Waals surface area contributed by atoms with E-state index in [0.29, 0.717) is 5.69 Å². The molecular formula is C10H9N5O3. The van der Waals surface area contributed by atoms with Crippen molar-refractivity contribution in [2.45, 2.75) is 6.54 Å². The molecule has 0 fully saturated rings. The predicted molar refractivity (Wildman–Crippen MR) is 58.7 cm³/mol. The molecule has 0 atom stereocenters. The van der Waals surface area contributed by atoms with E-state index in [2.05, 4.69) is 25.3 Å².